The lowest BCUT2D eigenvalue weighted by molar-refractivity contribution is 0.0605. The highest BCUT2D eigenvalue weighted by atomic mass is 32.1. The summed E-state index contributed by atoms with van der Waals surface area (Å²) < 4.78 is 4.77. The van der Waals surface area contributed by atoms with E-state index in [1.54, 1.807) is 30.6 Å². The number of nitrogens with zero attached hydrogens (tertiary/aromatic N) is 2. The van der Waals surface area contributed by atoms with E-state index < -0.39 is 0 Å². The average molecular weight is 338 g/mol. The number of hydrogen-bond acceptors (Lipinski definition) is 6. The number of carbonyl (C=O) groups excluding carboxylic acids is 2. The van der Waals surface area contributed by atoms with Crippen molar-refractivity contribution in [1.29, 1.82) is 0 Å². The van der Waals surface area contributed by atoms with Crippen LogP contribution in [0.4, 0.5) is 0 Å². The molecule has 3 heterocycles. The SMILES string of the molecule is COC(=O)c1sc2ncc(C(=O)/C=C/c3cccnc3)cc2c1C. The highest BCUT2D eigenvalue weighted by Crippen LogP contribution is 2.30. The standard InChI is InChI=1S/C18H14N2O3S/c1-11-14-8-13(10-20-17(14)24-16(11)18(22)23-2)15(21)6-5-12-4-3-7-19-9-12/h3-10H,1-2H3/b6-5+. The number of ketones is 1. The summed E-state index contributed by atoms with van der Waals surface area (Å²) in [6.45, 7) is 1.83. The molecule has 0 radical (unpaired) electrons. The van der Waals surface area contributed by atoms with Gasteiger partial charge in [0.1, 0.15) is 9.71 Å². The quantitative estimate of drug-likeness (QED) is 0.412. The van der Waals surface area contributed by atoms with Crippen LogP contribution in [0.25, 0.3) is 16.3 Å². The number of hydrogen-bond donors (Lipinski definition) is 0. The van der Waals surface area contributed by atoms with Gasteiger partial charge in [0.2, 0.25) is 0 Å². The average Bonchev–Trinajstić information content (AvgIpc) is 2.96. The summed E-state index contributed by atoms with van der Waals surface area (Å²) in [5, 5.41) is 0.793. The van der Waals surface area contributed by atoms with E-state index >= 15 is 0 Å². The largest absolute Gasteiger partial charge is 0.465 e. The smallest absolute Gasteiger partial charge is 0.348 e. The zero-order valence-corrected chi connectivity index (χ0v) is 14.0. The van der Waals surface area contributed by atoms with E-state index in [9.17, 15) is 9.59 Å². The van der Waals surface area contributed by atoms with Crippen LogP contribution in [0.1, 0.15) is 31.2 Å². The number of rotatable bonds is 4. The van der Waals surface area contributed by atoms with Crippen molar-refractivity contribution in [2.75, 3.05) is 7.11 Å². The van der Waals surface area contributed by atoms with Gasteiger partial charge in [-0.05, 0) is 42.3 Å². The lowest BCUT2D eigenvalue weighted by atomic mass is 10.1. The van der Waals surface area contributed by atoms with Crippen molar-refractivity contribution in [2.45, 2.75) is 6.92 Å². The maximum atomic E-state index is 12.3. The molecule has 0 bridgehead atoms. The summed E-state index contributed by atoms with van der Waals surface area (Å²) in [5.41, 5.74) is 2.10. The molecule has 0 spiro atoms. The number of esters is 1. The molecule has 3 rings (SSSR count). The Bertz CT molecular complexity index is 946. The summed E-state index contributed by atoms with van der Waals surface area (Å²) in [4.78, 5) is 33.6. The molecule has 0 amide bonds. The van der Waals surface area contributed by atoms with Crippen LogP contribution in [0, 0.1) is 6.92 Å². The second kappa shape index (κ2) is 6.72. The minimum absolute atomic E-state index is 0.154. The third-order valence-electron chi connectivity index (χ3n) is 3.56. The van der Waals surface area contributed by atoms with Gasteiger partial charge in [-0.1, -0.05) is 6.07 Å². The van der Waals surface area contributed by atoms with Gasteiger partial charge >= 0.3 is 5.97 Å². The van der Waals surface area contributed by atoms with E-state index in [1.165, 1.54) is 30.7 Å². The Morgan fingerprint density at radius 2 is 2.12 bits per heavy atom. The Morgan fingerprint density at radius 1 is 1.29 bits per heavy atom. The van der Waals surface area contributed by atoms with Crippen LogP contribution >= 0.6 is 11.3 Å². The molecule has 120 valence electrons. The van der Waals surface area contributed by atoms with Gasteiger partial charge in [0.05, 0.1) is 7.11 Å². The van der Waals surface area contributed by atoms with Crippen LogP contribution in [0.3, 0.4) is 0 Å². The zero-order valence-electron chi connectivity index (χ0n) is 13.1. The summed E-state index contributed by atoms with van der Waals surface area (Å²) in [7, 11) is 1.35. The molecule has 0 aliphatic rings. The molecule has 0 N–H and O–H groups in total. The minimum Gasteiger partial charge on any atom is -0.465 e. The fourth-order valence-electron chi connectivity index (χ4n) is 2.26. The predicted molar refractivity (Wildman–Crippen MR) is 93.3 cm³/mol. The van der Waals surface area contributed by atoms with Crippen LogP contribution in [0.15, 0.2) is 42.9 Å². The molecule has 5 nitrogen and oxygen atoms in total. The van der Waals surface area contributed by atoms with Crippen LogP contribution in [-0.2, 0) is 4.74 Å². The number of allylic oxidation sites excluding steroid dienone is 1. The Hall–Kier alpha value is -2.86. The Kier molecular flexibility index (Phi) is 4.48. The van der Waals surface area contributed by atoms with E-state index in [-0.39, 0.29) is 11.8 Å². The zero-order chi connectivity index (χ0) is 17.1. The van der Waals surface area contributed by atoms with Crippen LogP contribution in [0.2, 0.25) is 0 Å². The second-order valence-corrected chi connectivity index (χ2v) is 6.11. The van der Waals surface area contributed by atoms with Gasteiger partial charge in [-0.25, -0.2) is 9.78 Å². The van der Waals surface area contributed by atoms with Crippen molar-refractivity contribution in [3.8, 4) is 0 Å². The van der Waals surface area contributed by atoms with Gasteiger partial charge in [-0.3, -0.25) is 9.78 Å². The predicted octanol–water partition coefficient (Wildman–Crippen LogP) is 3.68. The number of aryl methyl sites for hydroxylation is 1. The number of aromatic nitrogens is 2. The molecule has 0 saturated heterocycles. The number of pyridine rings is 2. The lowest BCUT2D eigenvalue weighted by Crippen LogP contribution is -1.99. The summed E-state index contributed by atoms with van der Waals surface area (Å²) in [6.07, 6.45) is 8.07. The van der Waals surface area contributed by atoms with Crippen LogP contribution < -0.4 is 0 Å². The van der Waals surface area contributed by atoms with E-state index in [4.69, 9.17) is 4.74 Å². The molecule has 6 heteroatoms. The Morgan fingerprint density at radius 3 is 2.83 bits per heavy atom. The van der Waals surface area contributed by atoms with Crippen molar-refractivity contribution >= 4 is 39.4 Å². The number of carbonyl (C=O) groups is 2. The third-order valence-corrected chi connectivity index (χ3v) is 4.76. The third kappa shape index (κ3) is 3.09. The first-order valence-corrected chi connectivity index (χ1v) is 8.01. The molecule has 0 aromatic carbocycles. The number of ether oxygens (including phenoxy) is 1. The monoisotopic (exact) mass is 338 g/mol. The van der Waals surface area contributed by atoms with Gasteiger partial charge < -0.3 is 4.74 Å². The van der Waals surface area contributed by atoms with Gasteiger partial charge in [-0.2, -0.15) is 0 Å². The topological polar surface area (TPSA) is 69.2 Å². The minimum atomic E-state index is -0.389. The maximum Gasteiger partial charge on any atom is 0.348 e. The fraction of sp³-hybridized carbons (Fsp3) is 0.111. The molecule has 0 aliphatic heterocycles. The van der Waals surface area contributed by atoms with Gasteiger partial charge in [0.15, 0.2) is 5.78 Å². The van der Waals surface area contributed by atoms with Gasteiger partial charge in [-0.15, -0.1) is 11.3 Å². The van der Waals surface area contributed by atoms with Crippen molar-refractivity contribution in [3.05, 3.63) is 64.4 Å². The van der Waals surface area contributed by atoms with E-state index in [2.05, 4.69) is 9.97 Å². The van der Waals surface area contributed by atoms with Crippen molar-refractivity contribution < 1.29 is 14.3 Å². The molecule has 0 atom stereocenters. The van der Waals surface area contributed by atoms with E-state index in [0.29, 0.717) is 15.3 Å². The molecular formula is C18H14N2O3S. The molecule has 0 fully saturated rings. The van der Waals surface area contributed by atoms with Gasteiger partial charge in [0.25, 0.3) is 0 Å². The maximum absolute atomic E-state index is 12.3. The summed E-state index contributed by atoms with van der Waals surface area (Å²) >= 11 is 1.26. The number of methoxy groups -OCH3 is 1. The molecule has 24 heavy (non-hydrogen) atoms. The highest BCUT2D eigenvalue weighted by molar-refractivity contribution is 7.20. The fourth-order valence-corrected chi connectivity index (χ4v) is 3.31. The molecule has 3 aromatic heterocycles. The first-order chi connectivity index (χ1) is 11.6. The first-order valence-electron chi connectivity index (χ1n) is 7.20. The normalized spacial score (nSPS) is 11.1. The summed E-state index contributed by atoms with van der Waals surface area (Å²) in [6, 6.07) is 5.43. The van der Waals surface area contributed by atoms with Crippen molar-refractivity contribution in [3.63, 3.8) is 0 Å². The molecule has 0 aliphatic carbocycles. The second-order valence-electron chi connectivity index (χ2n) is 5.11. The number of fused-ring (bicyclic) bond motifs is 1. The van der Waals surface area contributed by atoms with Crippen molar-refractivity contribution in [2.24, 2.45) is 0 Å². The molecule has 0 unspecified atom stereocenters. The lowest BCUT2D eigenvalue weighted by Gasteiger charge is -1.98. The van der Waals surface area contributed by atoms with Crippen LogP contribution in [-0.4, -0.2) is 28.8 Å². The van der Waals surface area contributed by atoms with E-state index in [0.717, 1.165) is 16.5 Å². The Labute approximate surface area is 142 Å². The highest BCUT2D eigenvalue weighted by Gasteiger charge is 2.17. The molecule has 0 saturated carbocycles. The number of thiophene rings is 1. The van der Waals surface area contributed by atoms with Crippen molar-refractivity contribution in [1.82, 2.24) is 9.97 Å². The molecular weight excluding hydrogens is 324 g/mol. The molecule has 3 aromatic rings. The summed E-state index contributed by atoms with van der Waals surface area (Å²) in [5.74, 6) is -0.543. The first kappa shape index (κ1) is 16.0. The van der Waals surface area contributed by atoms with Gasteiger partial charge in [0, 0.05) is 29.5 Å². The van der Waals surface area contributed by atoms with Crippen LogP contribution in [0.5, 0.6) is 0 Å². The Balaban J connectivity index is 1.93. The van der Waals surface area contributed by atoms with E-state index in [1.807, 2.05) is 13.0 Å².